The molecule has 7 heteroatoms. The number of aryl methyl sites for hydroxylation is 1. The van der Waals surface area contributed by atoms with E-state index < -0.39 is 10.0 Å². The van der Waals surface area contributed by atoms with Gasteiger partial charge in [-0.05, 0) is 45.0 Å². The second kappa shape index (κ2) is 6.53. The van der Waals surface area contributed by atoms with Gasteiger partial charge in [-0.1, -0.05) is 0 Å². The maximum Gasteiger partial charge on any atom is 0.250 e. The van der Waals surface area contributed by atoms with Crippen LogP contribution in [0.5, 0.6) is 0 Å². The Labute approximate surface area is 124 Å². The van der Waals surface area contributed by atoms with Crippen molar-refractivity contribution in [2.24, 2.45) is 5.41 Å². The Hall–Kier alpha value is -0.470. The first-order valence-electron chi connectivity index (χ1n) is 6.73. The number of nitrogens with one attached hydrogen (secondary N) is 2. The monoisotopic (exact) mass is 318 g/mol. The molecular weight excluding hydrogens is 296 g/mol. The van der Waals surface area contributed by atoms with Crippen LogP contribution in [0.2, 0.25) is 0 Å². The van der Waals surface area contributed by atoms with Crippen LogP contribution in [0.4, 0.5) is 0 Å². The van der Waals surface area contributed by atoms with Gasteiger partial charge in [0.05, 0.1) is 6.61 Å². The lowest BCUT2D eigenvalue weighted by Crippen LogP contribution is -2.47. The van der Waals surface area contributed by atoms with Crippen LogP contribution in [0.25, 0.3) is 0 Å². The first kappa shape index (κ1) is 15.9. The number of sulfonamides is 1. The average Bonchev–Trinajstić information content (AvgIpc) is 2.86. The highest BCUT2D eigenvalue weighted by atomic mass is 32.2. The third-order valence-corrected chi connectivity index (χ3v) is 6.63. The van der Waals surface area contributed by atoms with Crippen molar-refractivity contribution in [1.82, 2.24) is 10.0 Å². The van der Waals surface area contributed by atoms with E-state index in [1.54, 1.807) is 13.2 Å². The Morgan fingerprint density at radius 3 is 2.65 bits per heavy atom. The van der Waals surface area contributed by atoms with Gasteiger partial charge in [0.25, 0.3) is 0 Å². The SMILES string of the molecule is COCC1(CNS(=O)(=O)c2ccc(C)s2)CCNCC1. The van der Waals surface area contributed by atoms with Crippen molar-refractivity contribution in [2.75, 3.05) is 33.4 Å². The summed E-state index contributed by atoms with van der Waals surface area (Å²) in [5, 5.41) is 3.30. The van der Waals surface area contributed by atoms with Crippen LogP contribution < -0.4 is 10.0 Å². The van der Waals surface area contributed by atoms with E-state index in [0.717, 1.165) is 30.8 Å². The van der Waals surface area contributed by atoms with Crippen molar-refractivity contribution in [1.29, 1.82) is 0 Å². The maximum absolute atomic E-state index is 12.3. The van der Waals surface area contributed by atoms with Crippen molar-refractivity contribution in [3.05, 3.63) is 17.0 Å². The van der Waals surface area contributed by atoms with E-state index in [2.05, 4.69) is 10.0 Å². The molecule has 1 aliphatic heterocycles. The molecule has 1 aromatic rings. The zero-order valence-corrected chi connectivity index (χ0v) is 13.6. The normalized spacial score (nSPS) is 19.1. The summed E-state index contributed by atoms with van der Waals surface area (Å²) in [6, 6.07) is 3.49. The zero-order chi connectivity index (χ0) is 14.6. The summed E-state index contributed by atoms with van der Waals surface area (Å²) in [5.41, 5.74) is -0.0978. The molecule has 0 aliphatic carbocycles. The third-order valence-electron chi connectivity index (χ3n) is 3.73. The lowest BCUT2D eigenvalue weighted by atomic mass is 9.80. The van der Waals surface area contributed by atoms with Crippen LogP contribution in [-0.2, 0) is 14.8 Å². The molecule has 0 unspecified atom stereocenters. The van der Waals surface area contributed by atoms with Crippen molar-refractivity contribution < 1.29 is 13.2 Å². The number of hydrogen-bond acceptors (Lipinski definition) is 5. The van der Waals surface area contributed by atoms with Crippen molar-refractivity contribution >= 4 is 21.4 Å². The largest absolute Gasteiger partial charge is 0.384 e. The molecular formula is C13H22N2O3S2. The summed E-state index contributed by atoms with van der Waals surface area (Å²) in [6.07, 6.45) is 1.85. The lowest BCUT2D eigenvalue weighted by Gasteiger charge is -2.37. The molecule has 0 radical (unpaired) electrons. The average molecular weight is 318 g/mol. The summed E-state index contributed by atoms with van der Waals surface area (Å²) >= 11 is 1.30. The molecule has 2 heterocycles. The van der Waals surface area contributed by atoms with E-state index in [-0.39, 0.29) is 5.41 Å². The highest BCUT2D eigenvalue weighted by molar-refractivity contribution is 7.91. The summed E-state index contributed by atoms with van der Waals surface area (Å²) < 4.78 is 33.0. The molecule has 2 rings (SSSR count). The summed E-state index contributed by atoms with van der Waals surface area (Å²) in [7, 11) is -1.74. The van der Waals surface area contributed by atoms with Crippen LogP contribution in [0.1, 0.15) is 17.7 Å². The van der Waals surface area contributed by atoms with E-state index in [0.29, 0.717) is 17.4 Å². The molecule has 1 fully saturated rings. The van der Waals surface area contributed by atoms with Gasteiger partial charge < -0.3 is 10.1 Å². The Kier molecular flexibility index (Phi) is 5.19. The van der Waals surface area contributed by atoms with Crippen LogP contribution in [-0.4, -0.2) is 41.8 Å². The van der Waals surface area contributed by atoms with Crippen molar-refractivity contribution in [3.63, 3.8) is 0 Å². The van der Waals surface area contributed by atoms with Gasteiger partial charge >= 0.3 is 0 Å². The quantitative estimate of drug-likeness (QED) is 0.831. The predicted octanol–water partition coefficient (Wildman–Crippen LogP) is 1.35. The Morgan fingerprint density at radius 1 is 1.40 bits per heavy atom. The van der Waals surface area contributed by atoms with Gasteiger partial charge in [0.1, 0.15) is 4.21 Å². The molecule has 0 amide bonds. The van der Waals surface area contributed by atoms with Crippen LogP contribution in [0.3, 0.4) is 0 Å². The Balaban J connectivity index is 2.05. The molecule has 1 aromatic heterocycles. The molecule has 0 saturated carbocycles. The van der Waals surface area contributed by atoms with Gasteiger partial charge in [-0.2, -0.15) is 0 Å². The van der Waals surface area contributed by atoms with Crippen molar-refractivity contribution in [3.8, 4) is 0 Å². The van der Waals surface area contributed by atoms with Gasteiger partial charge in [0.15, 0.2) is 0 Å². The Morgan fingerprint density at radius 2 is 2.10 bits per heavy atom. The van der Waals surface area contributed by atoms with Crippen molar-refractivity contribution in [2.45, 2.75) is 24.0 Å². The number of rotatable bonds is 6. The van der Waals surface area contributed by atoms with Gasteiger partial charge in [0, 0.05) is 23.9 Å². The van der Waals surface area contributed by atoms with Crippen LogP contribution in [0, 0.1) is 12.3 Å². The number of methoxy groups -OCH3 is 1. The minimum Gasteiger partial charge on any atom is -0.384 e. The fourth-order valence-electron chi connectivity index (χ4n) is 2.51. The highest BCUT2D eigenvalue weighted by Gasteiger charge is 2.33. The van der Waals surface area contributed by atoms with Gasteiger partial charge in [-0.3, -0.25) is 0 Å². The summed E-state index contributed by atoms with van der Waals surface area (Å²) in [4.78, 5) is 0.999. The molecule has 5 nitrogen and oxygen atoms in total. The van der Waals surface area contributed by atoms with Gasteiger partial charge in [0.2, 0.25) is 10.0 Å². The van der Waals surface area contributed by atoms with E-state index in [1.807, 2.05) is 13.0 Å². The molecule has 0 bridgehead atoms. The Bertz CT molecular complexity index is 528. The number of ether oxygens (including phenoxy) is 1. The van der Waals surface area contributed by atoms with E-state index >= 15 is 0 Å². The molecule has 1 aliphatic rings. The first-order chi connectivity index (χ1) is 9.47. The molecule has 1 saturated heterocycles. The number of thiophene rings is 1. The maximum atomic E-state index is 12.3. The number of hydrogen-bond donors (Lipinski definition) is 2. The smallest absolute Gasteiger partial charge is 0.250 e. The van der Waals surface area contributed by atoms with Crippen LogP contribution in [0.15, 0.2) is 16.3 Å². The third kappa shape index (κ3) is 3.79. The van der Waals surface area contributed by atoms with E-state index in [1.165, 1.54) is 11.3 Å². The first-order valence-corrected chi connectivity index (χ1v) is 9.03. The van der Waals surface area contributed by atoms with E-state index in [4.69, 9.17) is 4.74 Å². The molecule has 20 heavy (non-hydrogen) atoms. The lowest BCUT2D eigenvalue weighted by molar-refractivity contribution is 0.0577. The minimum atomic E-state index is -3.40. The standard InChI is InChI=1S/C13H22N2O3S2/c1-11-3-4-12(19-11)20(16,17)15-9-13(10-18-2)5-7-14-8-6-13/h3-4,14-15H,5-10H2,1-2H3. The predicted molar refractivity (Wildman–Crippen MR) is 80.7 cm³/mol. The highest BCUT2D eigenvalue weighted by Crippen LogP contribution is 2.29. The minimum absolute atomic E-state index is 0.0978. The van der Waals surface area contributed by atoms with Gasteiger partial charge in [-0.25, -0.2) is 13.1 Å². The van der Waals surface area contributed by atoms with E-state index in [9.17, 15) is 8.42 Å². The molecule has 2 N–H and O–H groups in total. The molecule has 0 atom stereocenters. The second-order valence-corrected chi connectivity index (χ2v) is 8.65. The van der Waals surface area contributed by atoms with Crippen LogP contribution >= 0.6 is 11.3 Å². The molecule has 0 spiro atoms. The van der Waals surface area contributed by atoms with Gasteiger partial charge in [-0.15, -0.1) is 11.3 Å². The molecule has 114 valence electrons. The zero-order valence-electron chi connectivity index (χ0n) is 11.9. The number of piperidine rings is 1. The second-order valence-electron chi connectivity index (χ2n) is 5.37. The fourth-order valence-corrected chi connectivity index (χ4v) is 5.00. The topological polar surface area (TPSA) is 67.4 Å². The summed E-state index contributed by atoms with van der Waals surface area (Å²) in [6.45, 7) is 4.73. The summed E-state index contributed by atoms with van der Waals surface area (Å²) in [5.74, 6) is 0. The molecule has 0 aromatic carbocycles. The fraction of sp³-hybridized carbons (Fsp3) is 0.692.